The van der Waals surface area contributed by atoms with E-state index in [-0.39, 0.29) is 12.8 Å². The Bertz CT molecular complexity index is 1400. The molecule has 0 spiro atoms. The van der Waals surface area contributed by atoms with Gasteiger partial charge in [0.1, 0.15) is 0 Å². The average molecular weight is 992 g/mol. The van der Waals surface area contributed by atoms with Crippen molar-refractivity contribution in [2.45, 2.75) is 134 Å². The highest BCUT2D eigenvalue weighted by molar-refractivity contribution is 5.16. The van der Waals surface area contributed by atoms with E-state index >= 15 is 0 Å². The first-order chi connectivity index (χ1) is 26.1. The molecule has 0 radical (unpaired) electrons. The lowest BCUT2D eigenvalue weighted by Gasteiger charge is -2.43. The smallest absolute Gasteiger partial charge is 0.324 e. The molecule has 0 aliphatic carbocycles. The van der Waals surface area contributed by atoms with Gasteiger partial charge in [-0.3, -0.25) is 0 Å². The van der Waals surface area contributed by atoms with Crippen molar-refractivity contribution in [1.29, 1.82) is 0 Å². The predicted molar refractivity (Wildman–Crippen MR) is 129 cm³/mol. The zero-order valence-corrected chi connectivity index (χ0v) is 28.4. The number of nitrogens with zero attached hydrogens (tertiary/aromatic N) is 1. The summed E-state index contributed by atoms with van der Waals surface area (Å²) in [6, 6.07) is 0. The van der Waals surface area contributed by atoms with Gasteiger partial charge in [0.05, 0.1) is 26.2 Å². The summed E-state index contributed by atoms with van der Waals surface area (Å²) in [5.41, 5.74) is 0. The van der Waals surface area contributed by atoms with Crippen molar-refractivity contribution in [2.75, 3.05) is 26.2 Å². The molecule has 1 nitrogen and oxygen atoms in total. The Morgan fingerprint density at radius 1 is 0.246 bits per heavy atom. The van der Waals surface area contributed by atoms with Crippen LogP contribution in [0.4, 0.5) is 149 Å². The highest BCUT2D eigenvalue weighted by Gasteiger charge is 2.97. The van der Waals surface area contributed by atoms with Gasteiger partial charge >= 0.3 is 95.3 Å². The van der Waals surface area contributed by atoms with Crippen LogP contribution in [0.5, 0.6) is 0 Å². The molecular weight excluding hydrogens is 972 g/mol. The lowest BCUT2D eigenvalue weighted by molar-refractivity contribution is -0.917. The molecule has 1 saturated heterocycles. The second kappa shape index (κ2) is 15.4. The fraction of sp³-hybridized carbons (Fsp3) is 1.00. The second-order valence-corrected chi connectivity index (χ2v) is 13.4. The summed E-state index contributed by atoms with van der Waals surface area (Å²) < 4.78 is 457. The maximum Gasteiger partial charge on any atom is 0.460 e. The fourth-order valence-corrected chi connectivity index (χ4v) is 5.54. The van der Waals surface area contributed by atoms with Crippen molar-refractivity contribution in [1.82, 2.24) is 0 Å². The van der Waals surface area contributed by atoms with Crippen molar-refractivity contribution in [3.8, 4) is 0 Å². The first-order valence-corrected chi connectivity index (χ1v) is 15.4. The first-order valence-electron chi connectivity index (χ1n) is 15.4. The van der Waals surface area contributed by atoms with Crippen molar-refractivity contribution < 1.29 is 154 Å². The monoisotopic (exact) mass is 992 g/mol. The van der Waals surface area contributed by atoms with Gasteiger partial charge in [-0.1, -0.05) is 0 Å². The minimum absolute atomic E-state index is 0.300. The van der Waals surface area contributed by atoms with Crippen LogP contribution >= 0.6 is 0 Å². The Kier molecular flexibility index (Phi) is 14.2. The number of likely N-dealkylation sites (tertiary alicyclic amines) is 1. The third-order valence-corrected chi connectivity index (χ3v) is 9.34. The minimum Gasteiger partial charge on any atom is -0.324 e. The summed E-state index contributed by atoms with van der Waals surface area (Å²) in [5.74, 6) is -118. The van der Waals surface area contributed by atoms with E-state index in [1.807, 2.05) is 0 Å². The predicted octanol–water partition coefficient (Wildman–Crippen LogP) is 13.2. The number of hydrogen-bond donors (Lipinski definition) is 0. The number of hydrogen-bond acceptors (Lipinski definition) is 0. The van der Waals surface area contributed by atoms with Crippen molar-refractivity contribution in [3.05, 3.63) is 0 Å². The van der Waals surface area contributed by atoms with E-state index in [0.29, 0.717) is 0 Å². The Labute approximate surface area is 314 Å². The summed E-state index contributed by atoms with van der Waals surface area (Å²) in [7, 11) is 0. The SMILES string of the molecule is FC(F)(F)C(F)(F)C(F)(F)C(F)(F)C(F)(F)C(F)(F)C(F)(F)C(F)(F)CCC[N+]1(CCCC(F)(F)C(F)(F)C(F)(F)C(F)(F)C(F)(F)C(F)(F)C(F)(F)C(F)(F)F)CCCC1. The molecule has 0 amide bonds. The third kappa shape index (κ3) is 8.06. The molecule has 35 heteroatoms. The van der Waals surface area contributed by atoms with Crippen LogP contribution in [-0.4, -0.2) is 126 Å². The summed E-state index contributed by atoms with van der Waals surface area (Å²) in [5, 5.41) is 0. The number of quaternary nitrogens is 1. The fourth-order valence-electron chi connectivity index (χ4n) is 5.54. The van der Waals surface area contributed by atoms with Crippen LogP contribution < -0.4 is 0 Å². The van der Waals surface area contributed by atoms with E-state index < -0.39 is 152 Å². The highest BCUT2D eigenvalue weighted by atomic mass is 19.4. The summed E-state index contributed by atoms with van der Waals surface area (Å²) in [6.07, 6.45) is -26.7. The van der Waals surface area contributed by atoms with E-state index in [4.69, 9.17) is 0 Å². The van der Waals surface area contributed by atoms with Crippen molar-refractivity contribution >= 4 is 0 Å². The van der Waals surface area contributed by atoms with Gasteiger partial charge in [-0.05, 0) is 0 Å². The van der Waals surface area contributed by atoms with Crippen LogP contribution in [0.15, 0.2) is 0 Å². The van der Waals surface area contributed by atoms with Gasteiger partial charge in [-0.2, -0.15) is 149 Å². The van der Waals surface area contributed by atoms with Gasteiger partial charge in [0.25, 0.3) is 0 Å². The largest absolute Gasteiger partial charge is 0.460 e. The standard InChI is InChI=1S/C26H20F34N/c27-11(28,13(31,32)15(35,36)17(39,40)19(43,44)21(47,48)23(51,52)25(55,56)57)5-3-9-61(7-1-2-8-61)10-4-6-12(29,30)14(33,34)16(37,38)18(41,42)20(45,46)22(49,50)24(53,54)26(58,59)60/h1-10H2/q+1. The summed E-state index contributed by atoms with van der Waals surface area (Å²) in [6.45, 7) is -4.30. The Morgan fingerprint density at radius 3 is 0.623 bits per heavy atom. The lowest BCUT2D eigenvalue weighted by atomic mass is 9.88. The topological polar surface area (TPSA) is 0 Å². The molecule has 1 aliphatic heterocycles. The number of halogens is 34. The van der Waals surface area contributed by atoms with Gasteiger partial charge in [-0.15, -0.1) is 0 Å². The molecule has 1 heterocycles. The Morgan fingerprint density at radius 2 is 0.426 bits per heavy atom. The molecular formula is C26H20F34N+. The van der Waals surface area contributed by atoms with E-state index in [0.717, 1.165) is 0 Å². The molecule has 0 unspecified atom stereocenters. The summed E-state index contributed by atoms with van der Waals surface area (Å²) >= 11 is 0. The van der Waals surface area contributed by atoms with Crippen LogP contribution in [0.2, 0.25) is 0 Å². The third-order valence-electron chi connectivity index (χ3n) is 9.34. The Hall–Kier alpha value is -2.42. The maximum atomic E-state index is 14.3. The van der Waals surface area contributed by atoms with E-state index in [2.05, 4.69) is 0 Å². The number of alkyl halides is 34. The van der Waals surface area contributed by atoms with Crippen molar-refractivity contribution in [3.63, 3.8) is 0 Å². The van der Waals surface area contributed by atoms with Crippen molar-refractivity contribution in [2.24, 2.45) is 0 Å². The molecule has 0 atom stereocenters. The molecule has 366 valence electrons. The molecule has 1 rings (SSSR count). The molecule has 0 N–H and O–H groups in total. The molecule has 0 bridgehead atoms. The van der Waals surface area contributed by atoms with E-state index in [9.17, 15) is 149 Å². The van der Waals surface area contributed by atoms with E-state index in [1.165, 1.54) is 0 Å². The molecule has 1 fully saturated rings. The van der Waals surface area contributed by atoms with Crippen LogP contribution in [0.1, 0.15) is 38.5 Å². The molecule has 0 saturated carbocycles. The highest BCUT2D eigenvalue weighted by Crippen LogP contribution is 2.66. The van der Waals surface area contributed by atoms with Crippen LogP contribution in [-0.2, 0) is 0 Å². The average Bonchev–Trinajstić information content (AvgIpc) is 3.50. The first kappa shape index (κ1) is 56.6. The second-order valence-electron chi connectivity index (χ2n) is 13.4. The molecule has 61 heavy (non-hydrogen) atoms. The lowest BCUT2D eigenvalue weighted by Crippen LogP contribution is -2.74. The number of rotatable bonds is 20. The molecule has 0 aromatic carbocycles. The van der Waals surface area contributed by atoms with Gasteiger partial charge in [0.15, 0.2) is 0 Å². The van der Waals surface area contributed by atoms with Crippen LogP contribution in [0.3, 0.4) is 0 Å². The zero-order valence-electron chi connectivity index (χ0n) is 28.4. The quantitative estimate of drug-likeness (QED) is 0.0842. The normalized spacial score (nSPS) is 18.6. The van der Waals surface area contributed by atoms with Crippen LogP contribution in [0, 0.1) is 0 Å². The molecule has 0 aromatic rings. The maximum absolute atomic E-state index is 14.3. The van der Waals surface area contributed by atoms with E-state index in [1.54, 1.807) is 0 Å². The summed E-state index contributed by atoms with van der Waals surface area (Å²) in [4.78, 5) is 0. The molecule has 1 aliphatic rings. The Balaban J connectivity index is 3.37. The minimum atomic E-state index is -8.96. The van der Waals surface area contributed by atoms with Gasteiger partial charge in [-0.25, -0.2) is 0 Å². The molecule has 0 aromatic heterocycles. The van der Waals surface area contributed by atoms with Gasteiger partial charge in [0.2, 0.25) is 0 Å². The zero-order chi connectivity index (χ0) is 49.6. The van der Waals surface area contributed by atoms with Crippen LogP contribution in [0.25, 0.3) is 0 Å². The van der Waals surface area contributed by atoms with Gasteiger partial charge < -0.3 is 4.48 Å². The van der Waals surface area contributed by atoms with Gasteiger partial charge in [0, 0.05) is 38.5 Å².